The van der Waals surface area contributed by atoms with Gasteiger partial charge in [0.25, 0.3) is 0 Å². The van der Waals surface area contributed by atoms with E-state index in [4.69, 9.17) is 0 Å². The van der Waals surface area contributed by atoms with Crippen LogP contribution in [0, 0.1) is 6.92 Å². The molecular formula is C50H28BF24NO. The van der Waals surface area contributed by atoms with E-state index in [1.165, 1.54) is 0 Å². The Morgan fingerprint density at radius 3 is 0.909 bits per heavy atom. The van der Waals surface area contributed by atoms with Crippen LogP contribution in [0.4, 0.5) is 105 Å². The molecule has 1 aromatic heterocycles. The number of benzene rings is 6. The summed E-state index contributed by atoms with van der Waals surface area (Å²) in [6, 6.07) is 11.1. The molecule has 0 aliphatic heterocycles. The van der Waals surface area contributed by atoms with Gasteiger partial charge in [0.05, 0.1) is 44.5 Å². The second kappa shape index (κ2) is 20.3. The van der Waals surface area contributed by atoms with E-state index in [0.29, 0.717) is 6.54 Å². The van der Waals surface area contributed by atoms with Gasteiger partial charge in [-0.2, -0.15) is 132 Å². The van der Waals surface area contributed by atoms with Gasteiger partial charge in [0.1, 0.15) is 6.15 Å². The predicted octanol–water partition coefficient (Wildman–Crippen LogP) is 14.5. The van der Waals surface area contributed by atoms with Crippen LogP contribution in [-0.2, 0) is 56.0 Å². The molecule has 1 heterocycles. The Labute approximate surface area is 417 Å². The molecule has 0 saturated heterocycles. The summed E-state index contributed by atoms with van der Waals surface area (Å²) in [5, 5.41) is 1.15. The SMILES string of the molecule is Cc1ccccc1C(=O)C[n+]1cccc2ccccc21.FC(F)(F)c1cc([B-](c2cc(C(F)(F)F)cc(C(F)(F)F)c2)(c2cc(C(F)(F)F)cc(C(F)(F)F)c2)c2cc(C(F)(F)F)cc(C(F)(F)F)c2)cc(C(F)(F)F)c1. The van der Waals surface area contributed by atoms with Gasteiger partial charge in [-0.1, -0.05) is 84.9 Å². The van der Waals surface area contributed by atoms with Crippen molar-refractivity contribution >= 4 is 44.7 Å². The van der Waals surface area contributed by atoms with E-state index in [1.54, 1.807) is 0 Å². The zero-order valence-corrected chi connectivity index (χ0v) is 38.0. The third-order valence-electron chi connectivity index (χ3n) is 12.0. The summed E-state index contributed by atoms with van der Waals surface area (Å²) in [5.41, 5.74) is -27.3. The molecule has 0 bridgehead atoms. The van der Waals surface area contributed by atoms with Crippen molar-refractivity contribution < 1.29 is 115 Å². The van der Waals surface area contributed by atoms with Gasteiger partial charge in [-0.05, 0) is 48.9 Å². The Balaban J connectivity index is 0.000000397. The molecule has 0 amide bonds. The summed E-state index contributed by atoms with van der Waals surface area (Å²) in [5.74, 6) is 0.143. The Hall–Kier alpha value is -7.22. The lowest BCUT2D eigenvalue weighted by molar-refractivity contribution is -0.657. The summed E-state index contributed by atoms with van der Waals surface area (Å²) in [4.78, 5) is 12.5. The first-order valence-corrected chi connectivity index (χ1v) is 21.3. The number of para-hydroxylation sites is 1. The molecule has 0 radical (unpaired) electrons. The van der Waals surface area contributed by atoms with Crippen LogP contribution in [-0.4, -0.2) is 11.9 Å². The number of carbonyl (C=O) groups excluding carboxylic acids is 1. The predicted molar refractivity (Wildman–Crippen MR) is 230 cm³/mol. The Kier molecular flexibility index (Phi) is 15.6. The number of fused-ring (bicyclic) bond motifs is 1. The van der Waals surface area contributed by atoms with E-state index >= 15 is 0 Å². The van der Waals surface area contributed by atoms with E-state index in [9.17, 15) is 110 Å². The molecule has 27 heteroatoms. The van der Waals surface area contributed by atoms with Gasteiger partial charge >= 0.3 is 49.4 Å². The maximum absolute atomic E-state index is 14.2. The van der Waals surface area contributed by atoms with Crippen LogP contribution in [0.25, 0.3) is 10.9 Å². The number of carbonyl (C=O) groups is 1. The second-order valence-electron chi connectivity index (χ2n) is 17.2. The highest BCUT2D eigenvalue weighted by Gasteiger charge is 2.47. The molecule has 0 unspecified atom stereocenters. The number of halogens is 24. The highest BCUT2D eigenvalue weighted by molar-refractivity contribution is 7.20. The van der Waals surface area contributed by atoms with Crippen LogP contribution in [0.2, 0.25) is 0 Å². The smallest absolute Gasteiger partial charge is 0.287 e. The first-order chi connectivity index (χ1) is 35.0. The fraction of sp³-hybridized carbons (Fsp3) is 0.200. The van der Waals surface area contributed by atoms with Gasteiger partial charge in [0, 0.05) is 23.1 Å². The Bertz CT molecular complexity index is 2880. The number of rotatable bonds is 7. The van der Waals surface area contributed by atoms with Crippen LogP contribution >= 0.6 is 0 Å². The molecule has 7 rings (SSSR count). The molecule has 6 aromatic carbocycles. The average molecular weight is 1130 g/mol. The number of aryl methyl sites for hydroxylation is 1. The number of nitrogens with zero attached hydrogens (tertiary/aromatic N) is 1. The molecular weight excluding hydrogens is 1100 g/mol. The molecule has 7 aromatic rings. The normalized spacial score (nSPS) is 13.4. The van der Waals surface area contributed by atoms with E-state index < -0.39 is 195 Å². The molecule has 2 nitrogen and oxygen atoms in total. The van der Waals surface area contributed by atoms with Crippen molar-refractivity contribution in [3.8, 4) is 0 Å². The van der Waals surface area contributed by atoms with Gasteiger partial charge in [-0.3, -0.25) is 4.79 Å². The molecule has 0 N–H and O–H groups in total. The highest BCUT2D eigenvalue weighted by atomic mass is 19.4. The molecule has 0 saturated carbocycles. The van der Waals surface area contributed by atoms with E-state index in [2.05, 4.69) is 12.1 Å². The third kappa shape index (κ3) is 13.1. The van der Waals surface area contributed by atoms with Gasteiger partial charge in [0.2, 0.25) is 17.8 Å². The van der Waals surface area contributed by atoms with Gasteiger partial charge in [-0.15, -0.1) is 0 Å². The van der Waals surface area contributed by atoms with E-state index in [1.807, 2.05) is 66.2 Å². The Morgan fingerprint density at radius 2 is 0.623 bits per heavy atom. The monoisotopic (exact) mass is 1130 g/mol. The molecule has 0 fully saturated rings. The molecule has 410 valence electrons. The molecule has 0 atom stereocenters. The number of hydrogen-bond donors (Lipinski definition) is 0. The van der Waals surface area contributed by atoms with Crippen molar-refractivity contribution in [3.05, 3.63) is 195 Å². The van der Waals surface area contributed by atoms with E-state index in [0.717, 1.165) is 22.0 Å². The van der Waals surface area contributed by atoms with Crippen LogP contribution in [0.1, 0.15) is 60.4 Å². The second-order valence-corrected chi connectivity index (χ2v) is 17.2. The third-order valence-corrected chi connectivity index (χ3v) is 12.0. The first kappa shape index (κ1) is 59.0. The number of pyridine rings is 1. The lowest BCUT2D eigenvalue weighted by Gasteiger charge is -2.46. The standard InChI is InChI=1S/C32H12BF24.C18H16NO/c34-25(35,36)13-1-14(26(37,38)39)6-21(5-13)33(22-7-15(27(40,41)42)2-16(8-22)28(43,44)45,23-9-17(29(46,47)48)3-18(10-23)30(49,50)51)24-11-19(31(52,53)54)4-20(12-24)32(55,56)57;1-14-7-2-4-10-16(14)18(20)13-19-12-6-9-15-8-3-5-11-17(15)19/h1-12H;2-12H,13H2,1H3/q-1;+1. The molecule has 0 spiro atoms. The zero-order valence-electron chi connectivity index (χ0n) is 38.0. The van der Waals surface area contributed by atoms with Crippen molar-refractivity contribution in [1.29, 1.82) is 0 Å². The van der Waals surface area contributed by atoms with Crippen LogP contribution in [0.3, 0.4) is 0 Å². The number of hydrogen-bond acceptors (Lipinski definition) is 1. The quantitative estimate of drug-likeness (QED) is 0.0674. The highest BCUT2D eigenvalue weighted by Crippen LogP contribution is 2.41. The summed E-state index contributed by atoms with van der Waals surface area (Å²) < 4.78 is 343. The van der Waals surface area contributed by atoms with Crippen molar-refractivity contribution in [3.63, 3.8) is 0 Å². The summed E-state index contributed by atoms with van der Waals surface area (Å²) >= 11 is 0. The van der Waals surface area contributed by atoms with Gasteiger partial charge < -0.3 is 0 Å². The zero-order chi connectivity index (χ0) is 57.9. The molecule has 77 heavy (non-hydrogen) atoms. The van der Waals surface area contributed by atoms with Crippen LogP contribution in [0.5, 0.6) is 0 Å². The van der Waals surface area contributed by atoms with E-state index in [-0.39, 0.29) is 5.78 Å². The van der Waals surface area contributed by atoms with Crippen molar-refractivity contribution in [2.75, 3.05) is 0 Å². The Morgan fingerprint density at radius 1 is 0.364 bits per heavy atom. The first-order valence-electron chi connectivity index (χ1n) is 21.3. The fourth-order valence-corrected chi connectivity index (χ4v) is 8.56. The van der Waals surface area contributed by atoms with Gasteiger partial charge in [0.15, 0.2) is 6.20 Å². The fourth-order valence-electron chi connectivity index (χ4n) is 8.56. The molecule has 0 aliphatic carbocycles. The van der Waals surface area contributed by atoms with Crippen molar-refractivity contribution in [1.82, 2.24) is 0 Å². The summed E-state index contributed by atoms with van der Waals surface area (Å²) in [7, 11) is 0. The lowest BCUT2D eigenvalue weighted by Crippen LogP contribution is -2.75. The summed E-state index contributed by atoms with van der Waals surface area (Å²) in [6.07, 6.45) is -52.8. The largest absolute Gasteiger partial charge is 0.416 e. The maximum atomic E-state index is 14.2. The van der Waals surface area contributed by atoms with Crippen LogP contribution in [0.15, 0.2) is 140 Å². The lowest BCUT2D eigenvalue weighted by atomic mass is 9.12. The van der Waals surface area contributed by atoms with Gasteiger partial charge in [-0.25, -0.2) is 0 Å². The number of Topliss-reactive ketones (excluding diaryl/α,β-unsaturated/α-hetero) is 1. The summed E-state index contributed by atoms with van der Waals surface area (Å²) in [6.45, 7) is 2.34. The average Bonchev–Trinajstić information content (AvgIpc) is 3.30. The van der Waals surface area contributed by atoms with Crippen molar-refractivity contribution in [2.45, 2.75) is 62.9 Å². The van der Waals surface area contributed by atoms with Crippen LogP contribution < -0.4 is 26.4 Å². The molecule has 0 aliphatic rings. The minimum atomic E-state index is -6.13. The van der Waals surface area contributed by atoms with Crippen molar-refractivity contribution in [2.24, 2.45) is 0 Å². The number of aromatic nitrogens is 1. The number of alkyl halides is 24. The minimum absolute atomic E-state index is 0.143. The maximum Gasteiger partial charge on any atom is 0.416 e. The number of ketones is 1. The topological polar surface area (TPSA) is 20.9 Å². The minimum Gasteiger partial charge on any atom is -0.287 e.